The van der Waals surface area contributed by atoms with Crippen LogP contribution in [0.4, 0.5) is 0 Å². The van der Waals surface area contributed by atoms with E-state index in [2.05, 4.69) is 10.3 Å². The van der Waals surface area contributed by atoms with E-state index in [1.54, 1.807) is 5.51 Å². The number of thiazole rings is 1. The molecule has 0 aliphatic carbocycles. The fourth-order valence-corrected chi connectivity index (χ4v) is 2.03. The number of aromatic nitrogens is 1. The van der Waals surface area contributed by atoms with Gasteiger partial charge in [-0.25, -0.2) is 4.98 Å². The molecule has 0 spiro atoms. The summed E-state index contributed by atoms with van der Waals surface area (Å²) < 4.78 is 10.7. The first-order valence-electron chi connectivity index (χ1n) is 5.60. The summed E-state index contributed by atoms with van der Waals surface area (Å²) >= 11 is 1.33. The van der Waals surface area contributed by atoms with Crippen LogP contribution in [0.25, 0.3) is 0 Å². The highest BCUT2D eigenvalue weighted by Gasteiger charge is 2.14. The van der Waals surface area contributed by atoms with Gasteiger partial charge in [0.15, 0.2) is 6.29 Å². The molecule has 6 heteroatoms. The average molecular weight is 258 g/mol. The maximum Gasteiger partial charge on any atom is 0.263 e. The smallest absolute Gasteiger partial charge is 0.263 e. The Kier molecular flexibility index (Phi) is 6.10. The van der Waals surface area contributed by atoms with Crippen LogP contribution in [0.5, 0.6) is 0 Å². The second-order valence-corrected chi connectivity index (χ2v) is 4.17. The summed E-state index contributed by atoms with van der Waals surface area (Å²) in [6.45, 7) is 7.05. The highest BCUT2D eigenvalue weighted by atomic mass is 32.1. The number of amides is 1. The molecule has 0 unspecified atom stereocenters. The Morgan fingerprint density at radius 1 is 1.47 bits per heavy atom. The zero-order valence-electron chi connectivity index (χ0n) is 10.4. The number of hydrogen-bond donors (Lipinski definition) is 1. The number of nitrogens with one attached hydrogen (secondary N) is 1. The molecule has 0 fully saturated rings. The number of rotatable bonds is 7. The molecule has 1 rings (SSSR count). The molecule has 1 aromatic rings. The molecular weight excluding hydrogens is 240 g/mol. The molecule has 1 amide bonds. The number of hydrogen-bond acceptors (Lipinski definition) is 5. The molecule has 0 aliphatic rings. The lowest BCUT2D eigenvalue weighted by Crippen LogP contribution is -2.35. The first-order chi connectivity index (χ1) is 8.19. The van der Waals surface area contributed by atoms with Crippen molar-refractivity contribution in [2.24, 2.45) is 0 Å². The Balaban J connectivity index is 2.43. The first-order valence-corrected chi connectivity index (χ1v) is 6.48. The predicted octanol–water partition coefficient (Wildman–Crippen LogP) is 1.58. The number of aryl methyl sites for hydroxylation is 1. The van der Waals surface area contributed by atoms with Crippen molar-refractivity contribution in [3.63, 3.8) is 0 Å². The van der Waals surface area contributed by atoms with Crippen LogP contribution >= 0.6 is 11.3 Å². The molecule has 5 nitrogen and oxygen atoms in total. The molecule has 0 radical (unpaired) electrons. The van der Waals surface area contributed by atoms with Crippen molar-refractivity contribution in [2.45, 2.75) is 27.1 Å². The molecular formula is C11H18N2O3S. The van der Waals surface area contributed by atoms with Crippen LogP contribution in [-0.2, 0) is 9.47 Å². The summed E-state index contributed by atoms with van der Waals surface area (Å²) in [7, 11) is 0. The van der Waals surface area contributed by atoms with Gasteiger partial charge in [0.2, 0.25) is 0 Å². The summed E-state index contributed by atoms with van der Waals surface area (Å²) in [4.78, 5) is 16.5. The van der Waals surface area contributed by atoms with Crippen LogP contribution in [0.15, 0.2) is 5.51 Å². The minimum Gasteiger partial charge on any atom is -0.351 e. The van der Waals surface area contributed by atoms with Gasteiger partial charge in [-0.2, -0.15) is 0 Å². The van der Waals surface area contributed by atoms with Crippen molar-refractivity contribution in [2.75, 3.05) is 19.8 Å². The van der Waals surface area contributed by atoms with Gasteiger partial charge in [0.25, 0.3) is 5.91 Å². The highest BCUT2D eigenvalue weighted by Crippen LogP contribution is 2.11. The minimum atomic E-state index is -0.387. The highest BCUT2D eigenvalue weighted by molar-refractivity contribution is 7.11. The SMILES string of the molecule is CCOC(CNC(=O)c1scnc1C)OCC. The van der Waals surface area contributed by atoms with Gasteiger partial charge in [0.05, 0.1) is 17.7 Å². The van der Waals surface area contributed by atoms with E-state index in [9.17, 15) is 4.79 Å². The Morgan fingerprint density at radius 2 is 2.12 bits per heavy atom. The van der Waals surface area contributed by atoms with E-state index in [1.165, 1.54) is 11.3 Å². The second-order valence-electron chi connectivity index (χ2n) is 3.32. The van der Waals surface area contributed by atoms with E-state index in [-0.39, 0.29) is 12.2 Å². The topological polar surface area (TPSA) is 60.5 Å². The van der Waals surface area contributed by atoms with E-state index in [4.69, 9.17) is 9.47 Å². The van der Waals surface area contributed by atoms with Crippen LogP contribution in [0.3, 0.4) is 0 Å². The molecule has 17 heavy (non-hydrogen) atoms. The summed E-state index contributed by atoms with van der Waals surface area (Å²) in [6, 6.07) is 0. The molecule has 0 saturated carbocycles. The lowest BCUT2D eigenvalue weighted by molar-refractivity contribution is -0.131. The van der Waals surface area contributed by atoms with Crippen molar-refractivity contribution in [1.82, 2.24) is 10.3 Å². The van der Waals surface area contributed by atoms with Crippen LogP contribution in [0.2, 0.25) is 0 Å². The fourth-order valence-electron chi connectivity index (χ4n) is 1.31. The van der Waals surface area contributed by atoms with Crippen LogP contribution in [-0.4, -0.2) is 36.9 Å². The fraction of sp³-hybridized carbons (Fsp3) is 0.636. The third kappa shape index (κ3) is 4.41. The molecule has 96 valence electrons. The van der Waals surface area contributed by atoms with E-state index in [0.717, 1.165) is 5.69 Å². The molecule has 0 bridgehead atoms. The molecule has 1 heterocycles. The summed E-state index contributed by atoms with van der Waals surface area (Å²) in [5.41, 5.74) is 2.41. The Morgan fingerprint density at radius 3 is 2.59 bits per heavy atom. The van der Waals surface area contributed by atoms with Gasteiger partial charge in [-0.3, -0.25) is 4.79 Å². The lowest BCUT2D eigenvalue weighted by Gasteiger charge is -2.17. The zero-order chi connectivity index (χ0) is 12.7. The zero-order valence-corrected chi connectivity index (χ0v) is 11.2. The molecule has 0 atom stereocenters. The van der Waals surface area contributed by atoms with Crippen molar-refractivity contribution >= 4 is 17.2 Å². The molecule has 1 aromatic heterocycles. The summed E-state index contributed by atoms with van der Waals surface area (Å²) in [5, 5.41) is 2.78. The number of carbonyl (C=O) groups excluding carboxylic acids is 1. The Labute approximate surface area is 105 Å². The second kappa shape index (κ2) is 7.37. The number of carbonyl (C=O) groups is 1. The quantitative estimate of drug-likeness (QED) is 0.754. The number of ether oxygens (including phenoxy) is 2. The lowest BCUT2D eigenvalue weighted by atomic mass is 10.4. The standard InChI is InChI=1S/C11H18N2O3S/c1-4-15-9(16-5-2)6-12-11(14)10-8(3)13-7-17-10/h7,9H,4-6H2,1-3H3,(H,12,14). The minimum absolute atomic E-state index is 0.130. The monoisotopic (exact) mass is 258 g/mol. The van der Waals surface area contributed by atoms with Crippen molar-refractivity contribution < 1.29 is 14.3 Å². The van der Waals surface area contributed by atoms with Gasteiger partial charge in [0.1, 0.15) is 4.88 Å². The van der Waals surface area contributed by atoms with E-state index in [1.807, 2.05) is 20.8 Å². The molecule has 0 aromatic carbocycles. The van der Waals surface area contributed by atoms with Crippen LogP contribution in [0, 0.1) is 6.92 Å². The van der Waals surface area contributed by atoms with Crippen molar-refractivity contribution in [1.29, 1.82) is 0 Å². The largest absolute Gasteiger partial charge is 0.351 e. The van der Waals surface area contributed by atoms with E-state index in [0.29, 0.717) is 24.6 Å². The number of nitrogens with zero attached hydrogens (tertiary/aromatic N) is 1. The van der Waals surface area contributed by atoms with E-state index < -0.39 is 0 Å². The Hall–Kier alpha value is -0.980. The maximum absolute atomic E-state index is 11.8. The molecule has 0 saturated heterocycles. The maximum atomic E-state index is 11.8. The van der Waals surface area contributed by atoms with Crippen molar-refractivity contribution in [3.05, 3.63) is 16.1 Å². The van der Waals surface area contributed by atoms with Crippen LogP contribution in [0.1, 0.15) is 29.2 Å². The van der Waals surface area contributed by atoms with Gasteiger partial charge in [-0.15, -0.1) is 11.3 Å². The third-order valence-corrected chi connectivity index (χ3v) is 3.01. The van der Waals surface area contributed by atoms with Gasteiger partial charge in [0, 0.05) is 13.2 Å². The third-order valence-electron chi connectivity index (χ3n) is 2.09. The van der Waals surface area contributed by atoms with Crippen molar-refractivity contribution in [3.8, 4) is 0 Å². The van der Waals surface area contributed by atoms with Gasteiger partial charge >= 0.3 is 0 Å². The van der Waals surface area contributed by atoms with Gasteiger partial charge < -0.3 is 14.8 Å². The van der Waals surface area contributed by atoms with E-state index >= 15 is 0 Å². The summed E-state index contributed by atoms with van der Waals surface area (Å²) in [6.07, 6.45) is -0.387. The Bertz CT molecular complexity index is 348. The van der Waals surface area contributed by atoms with Gasteiger partial charge in [-0.1, -0.05) is 0 Å². The first kappa shape index (κ1) is 14.1. The molecule has 1 N–H and O–H groups in total. The normalized spacial score (nSPS) is 10.8. The van der Waals surface area contributed by atoms with Gasteiger partial charge in [-0.05, 0) is 20.8 Å². The summed E-state index contributed by atoms with van der Waals surface area (Å²) in [5.74, 6) is -0.130. The predicted molar refractivity (Wildman–Crippen MR) is 66.2 cm³/mol. The molecule has 0 aliphatic heterocycles. The van der Waals surface area contributed by atoms with Crippen LogP contribution < -0.4 is 5.32 Å². The average Bonchev–Trinajstić information content (AvgIpc) is 2.72.